The lowest BCUT2D eigenvalue weighted by Gasteiger charge is -2.36. The first-order chi connectivity index (χ1) is 12.6. The van der Waals surface area contributed by atoms with E-state index in [1.165, 1.54) is 23.9 Å². The van der Waals surface area contributed by atoms with Gasteiger partial charge in [0.1, 0.15) is 22.5 Å². The summed E-state index contributed by atoms with van der Waals surface area (Å²) in [6.07, 6.45) is 3.68. The second-order valence-electron chi connectivity index (χ2n) is 5.77. The van der Waals surface area contributed by atoms with Crippen LogP contribution in [0.5, 0.6) is 0 Å². The number of aromatic nitrogens is 1. The molecule has 2 aromatic rings. The van der Waals surface area contributed by atoms with Gasteiger partial charge >= 0.3 is 0 Å². The number of nitriles is 1. The first-order valence-corrected chi connectivity index (χ1v) is 9.68. The molecular formula is C19H20FN5S. The highest BCUT2D eigenvalue weighted by Gasteiger charge is 2.27. The summed E-state index contributed by atoms with van der Waals surface area (Å²) in [6.45, 7) is 6.23. The molecule has 0 atom stereocenters. The number of hydrogen-bond donors (Lipinski definition) is 0. The fourth-order valence-electron chi connectivity index (χ4n) is 3.00. The molecule has 134 valence electrons. The standard InChI is InChI=1S/C19H20FN5S/c1-4-24(5-2)19-23-17-13(11-22-18(26-3)16(17)10-21)12-25(19)15-8-6-14(20)7-9-15/h6-9,11H,4-5,12H2,1-3H3. The van der Waals surface area contributed by atoms with Crippen LogP contribution < -0.4 is 4.90 Å². The fourth-order valence-corrected chi connectivity index (χ4v) is 3.50. The van der Waals surface area contributed by atoms with Gasteiger partial charge in [-0.2, -0.15) is 5.26 Å². The Morgan fingerprint density at radius 3 is 2.54 bits per heavy atom. The average molecular weight is 369 g/mol. The number of thioether (sulfide) groups is 1. The summed E-state index contributed by atoms with van der Waals surface area (Å²) in [5.74, 6) is 0.495. The van der Waals surface area contributed by atoms with Crippen LogP contribution in [0.4, 0.5) is 15.8 Å². The number of anilines is 1. The normalized spacial score (nSPS) is 13.0. The van der Waals surface area contributed by atoms with Crippen molar-refractivity contribution in [3.63, 3.8) is 0 Å². The van der Waals surface area contributed by atoms with E-state index in [0.717, 1.165) is 30.3 Å². The van der Waals surface area contributed by atoms with Gasteiger partial charge in [-0.25, -0.2) is 14.4 Å². The molecule has 0 fully saturated rings. The maximum Gasteiger partial charge on any atom is 0.206 e. The number of nitrogens with zero attached hydrogens (tertiary/aromatic N) is 5. The second kappa shape index (κ2) is 7.75. The maximum atomic E-state index is 13.4. The predicted octanol–water partition coefficient (Wildman–Crippen LogP) is 4.16. The van der Waals surface area contributed by atoms with E-state index in [9.17, 15) is 9.65 Å². The molecule has 7 heteroatoms. The third kappa shape index (κ3) is 3.25. The van der Waals surface area contributed by atoms with Crippen molar-refractivity contribution in [2.75, 3.05) is 24.2 Å². The number of halogens is 1. The Bertz CT molecular complexity index is 869. The molecule has 2 heterocycles. The summed E-state index contributed by atoms with van der Waals surface area (Å²) < 4.78 is 13.4. The number of guanidine groups is 1. The lowest BCUT2D eigenvalue weighted by molar-refractivity contribution is 0.453. The van der Waals surface area contributed by atoms with E-state index in [-0.39, 0.29) is 5.82 Å². The average Bonchev–Trinajstić information content (AvgIpc) is 2.68. The van der Waals surface area contributed by atoms with Crippen LogP contribution in [-0.2, 0) is 6.54 Å². The molecule has 0 bridgehead atoms. The summed E-state index contributed by atoms with van der Waals surface area (Å²) in [5, 5.41) is 10.3. The fraction of sp³-hybridized carbons (Fsp3) is 0.316. The minimum atomic E-state index is -0.273. The lowest BCUT2D eigenvalue weighted by Crippen LogP contribution is -2.45. The molecule has 3 rings (SSSR count). The zero-order valence-corrected chi connectivity index (χ0v) is 15.8. The molecule has 26 heavy (non-hydrogen) atoms. The molecular weight excluding hydrogens is 349 g/mol. The third-order valence-electron chi connectivity index (χ3n) is 4.36. The smallest absolute Gasteiger partial charge is 0.206 e. The van der Waals surface area contributed by atoms with Gasteiger partial charge in [0, 0.05) is 30.5 Å². The molecule has 1 aromatic heterocycles. The van der Waals surface area contributed by atoms with E-state index in [1.807, 2.05) is 11.2 Å². The SMILES string of the molecule is CCN(CC)C1=Nc2c(cnc(SC)c2C#N)CN1c1ccc(F)cc1. The van der Waals surface area contributed by atoms with Gasteiger partial charge in [-0.3, -0.25) is 0 Å². The first-order valence-electron chi connectivity index (χ1n) is 8.45. The number of fused-ring (bicyclic) bond motifs is 1. The van der Waals surface area contributed by atoms with Crippen molar-refractivity contribution in [2.24, 2.45) is 4.99 Å². The second-order valence-corrected chi connectivity index (χ2v) is 6.57. The van der Waals surface area contributed by atoms with Crippen LogP contribution in [0.1, 0.15) is 25.0 Å². The Morgan fingerprint density at radius 1 is 1.27 bits per heavy atom. The van der Waals surface area contributed by atoms with Crippen molar-refractivity contribution < 1.29 is 4.39 Å². The minimum Gasteiger partial charge on any atom is -0.343 e. The van der Waals surface area contributed by atoms with Crippen LogP contribution in [0, 0.1) is 17.1 Å². The topological polar surface area (TPSA) is 55.5 Å². The van der Waals surface area contributed by atoms with Gasteiger partial charge < -0.3 is 9.80 Å². The van der Waals surface area contributed by atoms with Crippen LogP contribution >= 0.6 is 11.8 Å². The molecule has 0 aliphatic carbocycles. The molecule has 0 N–H and O–H groups in total. The lowest BCUT2D eigenvalue weighted by atomic mass is 10.1. The summed E-state index contributed by atoms with van der Waals surface area (Å²) >= 11 is 1.44. The van der Waals surface area contributed by atoms with Crippen LogP contribution in [0.2, 0.25) is 0 Å². The van der Waals surface area contributed by atoms with E-state index < -0.39 is 0 Å². The Labute approximate surface area is 157 Å². The van der Waals surface area contributed by atoms with Crippen molar-refractivity contribution >= 4 is 29.1 Å². The van der Waals surface area contributed by atoms with E-state index >= 15 is 0 Å². The van der Waals surface area contributed by atoms with Crippen molar-refractivity contribution in [2.45, 2.75) is 25.4 Å². The highest BCUT2D eigenvalue weighted by Crippen LogP contribution is 2.36. The van der Waals surface area contributed by atoms with Gasteiger partial charge in [0.25, 0.3) is 0 Å². The Morgan fingerprint density at radius 2 is 1.96 bits per heavy atom. The number of hydrogen-bond acceptors (Lipinski definition) is 6. The van der Waals surface area contributed by atoms with Crippen molar-refractivity contribution in [3.8, 4) is 6.07 Å². The molecule has 0 amide bonds. The Kier molecular flexibility index (Phi) is 5.43. The van der Waals surface area contributed by atoms with Crippen LogP contribution in [-0.4, -0.2) is 35.2 Å². The number of benzene rings is 1. The summed E-state index contributed by atoms with van der Waals surface area (Å²) in [6, 6.07) is 8.63. The van der Waals surface area contributed by atoms with E-state index in [2.05, 4.69) is 29.8 Å². The van der Waals surface area contributed by atoms with Gasteiger partial charge in [-0.05, 0) is 44.4 Å². The number of pyridine rings is 1. The van der Waals surface area contributed by atoms with Gasteiger partial charge in [0.15, 0.2) is 0 Å². The molecule has 5 nitrogen and oxygen atoms in total. The van der Waals surface area contributed by atoms with Crippen LogP contribution in [0.15, 0.2) is 40.5 Å². The quantitative estimate of drug-likeness (QED) is 0.758. The van der Waals surface area contributed by atoms with Gasteiger partial charge in [0.2, 0.25) is 5.96 Å². The summed E-state index contributed by atoms with van der Waals surface area (Å²) in [4.78, 5) is 13.4. The maximum absolute atomic E-state index is 13.4. The Balaban J connectivity index is 2.17. The van der Waals surface area contributed by atoms with E-state index in [0.29, 0.717) is 22.8 Å². The molecule has 0 radical (unpaired) electrons. The van der Waals surface area contributed by atoms with E-state index in [1.54, 1.807) is 18.3 Å². The van der Waals surface area contributed by atoms with Gasteiger partial charge in [-0.1, -0.05) is 0 Å². The first kappa shape index (κ1) is 18.2. The third-order valence-corrected chi connectivity index (χ3v) is 5.06. The zero-order valence-electron chi connectivity index (χ0n) is 15.0. The van der Waals surface area contributed by atoms with Crippen molar-refractivity contribution in [3.05, 3.63) is 47.4 Å². The molecule has 0 saturated heterocycles. The predicted molar refractivity (Wildman–Crippen MR) is 103 cm³/mol. The highest BCUT2D eigenvalue weighted by atomic mass is 32.2. The number of aliphatic imine (C=N–C) groups is 1. The molecule has 0 saturated carbocycles. The minimum absolute atomic E-state index is 0.273. The largest absolute Gasteiger partial charge is 0.343 e. The monoisotopic (exact) mass is 369 g/mol. The Hall–Kier alpha value is -2.59. The van der Waals surface area contributed by atoms with Crippen LogP contribution in [0.25, 0.3) is 0 Å². The van der Waals surface area contributed by atoms with Gasteiger partial charge in [-0.15, -0.1) is 11.8 Å². The van der Waals surface area contributed by atoms with Crippen LogP contribution in [0.3, 0.4) is 0 Å². The van der Waals surface area contributed by atoms with Crippen molar-refractivity contribution in [1.29, 1.82) is 5.26 Å². The molecule has 1 aliphatic heterocycles. The number of rotatable bonds is 4. The summed E-state index contributed by atoms with van der Waals surface area (Å²) in [7, 11) is 0. The van der Waals surface area contributed by atoms with E-state index in [4.69, 9.17) is 4.99 Å². The molecule has 0 spiro atoms. The molecule has 1 aromatic carbocycles. The highest BCUT2D eigenvalue weighted by molar-refractivity contribution is 7.98. The van der Waals surface area contributed by atoms with Crippen molar-refractivity contribution in [1.82, 2.24) is 9.88 Å². The zero-order chi connectivity index (χ0) is 18.7. The summed E-state index contributed by atoms with van der Waals surface area (Å²) in [5.41, 5.74) is 2.94. The molecule has 1 aliphatic rings. The van der Waals surface area contributed by atoms with Gasteiger partial charge in [0.05, 0.1) is 12.2 Å². The molecule has 0 unspecified atom stereocenters.